The molecule has 0 aliphatic carbocycles. The Morgan fingerprint density at radius 2 is 1.89 bits per heavy atom. The Morgan fingerprint density at radius 3 is 2.42 bits per heavy atom. The molecule has 210 valence electrons. The molecule has 1 amide bonds. The summed E-state index contributed by atoms with van der Waals surface area (Å²) in [7, 11) is 1.52. The average Bonchev–Trinajstić information content (AvgIpc) is 3.24. The van der Waals surface area contributed by atoms with Gasteiger partial charge in [-0.3, -0.25) is 9.69 Å². The third-order valence-corrected chi connectivity index (χ3v) is 11.7. The van der Waals surface area contributed by atoms with Gasteiger partial charge >= 0.3 is 5.97 Å². The Labute approximate surface area is 249 Å². The number of thiazole rings is 1. The summed E-state index contributed by atoms with van der Waals surface area (Å²) in [6.45, 7) is 16.2. The van der Waals surface area contributed by atoms with Gasteiger partial charge in [0.15, 0.2) is 13.4 Å². The van der Waals surface area contributed by atoms with E-state index in [1.807, 2.05) is 24.3 Å². The number of nitrogens with zero attached hydrogens (tertiary/aromatic N) is 2. The molecule has 38 heavy (non-hydrogen) atoms. The number of aromatic nitrogens is 1. The number of esters is 1. The predicted octanol–water partition coefficient (Wildman–Crippen LogP) is 7.66. The van der Waals surface area contributed by atoms with Crippen LogP contribution in [0.5, 0.6) is 0 Å². The number of alkyl halides is 2. The van der Waals surface area contributed by atoms with Gasteiger partial charge in [-0.2, -0.15) is 0 Å². The second-order valence-electron chi connectivity index (χ2n) is 10.7. The van der Waals surface area contributed by atoms with Crippen molar-refractivity contribution in [3.05, 3.63) is 35.5 Å². The lowest BCUT2D eigenvalue weighted by Gasteiger charge is -2.59. The van der Waals surface area contributed by atoms with E-state index in [0.717, 1.165) is 14.6 Å². The molecule has 1 fully saturated rings. The van der Waals surface area contributed by atoms with E-state index in [4.69, 9.17) is 37.3 Å². The number of hydrogen-bond acceptors (Lipinski definition) is 8. The fourth-order valence-corrected chi connectivity index (χ4v) is 10.6. The zero-order valence-electron chi connectivity index (χ0n) is 23.0. The van der Waals surface area contributed by atoms with Gasteiger partial charge in [-0.05, 0) is 67.3 Å². The maximum absolute atomic E-state index is 14.1. The van der Waals surface area contributed by atoms with Gasteiger partial charge in [0, 0.05) is 0 Å². The molecular weight excluding hydrogens is 599 g/mol. The maximum atomic E-state index is 14.1. The number of rotatable bonds is 11. The number of amides is 1. The SMILES string of the molecule is CCC(O[SiH](C)C)([C@@H]1C(=O)N(C(C(=O)OCC(Cl)Cl)=C(C)C)[C@@H]1SSc1nc2ccccc2s1)C(C)(C)C. The van der Waals surface area contributed by atoms with E-state index < -0.39 is 31.4 Å². The number of fused-ring (bicyclic) bond motifs is 1. The molecule has 2 heterocycles. The van der Waals surface area contributed by atoms with Gasteiger partial charge in [0.2, 0.25) is 5.91 Å². The molecule has 1 aromatic carbocycles. The number of hydrogen-bond donors (Lipinski definition) is 0. The number of carbonyl (C=O) groups excluding carboxylic acids is 2. The predicted molar refractivity (Wildman–Crippen MR) is 164 cm³/mol. The number of β-lactam (4-membered cyclic amide) rings is 1. The summed E-state index contributed by atoms with van der Waals surface area (Å²) in [6.07, 6.45) is 0.670. The molecule has 12 heteroatoms. The van der Waals surface area contributed by atoms with E-state index in [2.05, 4.69) is 40.8 Å². The first-order valence-corrected chi connectivity index (χ1v) is 19.2. The van der Waals surface area contributed by atoms with Gasteiger partial charge in [0.1, 0.15) is 22.5 Å². The van der Waals surface area contributed by atoms with Crippen molar-refractivity contribution in [2.45, 2.75) is 81.2 Å². The van der Waals surface area contributed by atoms with Crippen molar-refractivity contribution >= 4 is 87.3 Å². The zero-order valence-corrected chi connectivity index (χ0v) is 28.2. The summed E-state index contributed by atoms with van der Waals surface area (Å²) >= 11 is 13.2. The highest BCUT2D eigenvalue weighted by atomic mass is 35.5. The summed E-state index contributed by atoms with van der Waals surface area (Å²) in [4.78, 5) is 32.7. The number of likely N-dealkylation sites (tertiary alicyclic amines) is 1. The quantitative estimate of drug-likeness (QED) is 0.0627. The first-order valence-electron chi connectivity index (χ1n) is 12.6. The van der Waals surface area contributed by atoms with Crippen LogP contribution in [0.4, 0.5) is 0 Å². The van der Waals surface area contributed by atoms with Crippen LogP contribution in [-0.4, -0.2) is 53.2 Å². The fourth-order valence-electron chi connectivity index (χ4n) is 4.93. The normalized spacial score (nSPS) is 19.6. The van der Waals surface area contributed by atoms with Crippen molar-refractivity contribution < 1.29 is 18.8 Å². The van der Waals surface area contributed by atoms with Crippen LogP contribution in [0.2, 0.25) is 13.1 Å². The third kappa shape index (κ3) is 6.58. The van der Waals surface area contributed by atoms with E-state index in [0.29, 0.717) is 12.0 Å². The van der Waals surface area contributed by atoms with Crippen LogP contribution in [0.25, 0.3) is 10.2 Å². The van der Waals surface area contributed by atoms with Crippen LogP contribution in [0.1, 0.15) is 48.0 Å². The number of benzene rings is 1. The van der Waals surface area contributed by atoms with Crippen molar-refractivity contribution in [2.24, 2.45) is 11.3 Å². The van der Waals surface area contributed by atoms with E-state index >= 15 is 0 Å². The monoisotopic (exact) mass is 634 g/mol. The highest BCUT2D eigenvalue weighted by molar-refractivity contribution is 8.77. The Hall–Kier alpha value is -0.753. The number of allylic oxidation sites excluding steroid dienone is 1. The summed E-state index contributed by atoms with van der Waals surface area (Å²) in [5.74, 6) is -1.21. The van der Waals surface area contributed by atoms with E-state index in [-0.39, 0.29) is 29.0 Å². The van der Waals surface area contributed by atoms with Crippen molar-refractivity contribution in [3.8, 4) is 0 Å². The standard InChI is InChI=1S/C26H36Cl2N2O4S3Si/c1-9-26(25(4,5)6,34-38(7)8)19-21(31)30(20(15(2)3)23(32)33-14-18(27)28)22(19)36-37-24-29-16-12-10-11-13-17(16)35-24/h10-13,18-19,22,38H,9,14H2,1-8H3/t19-,22-,26?/m1/s1. The molecule has 1 aliphatic rings. The largest absolute Gasteiger partial charge is 0.458 e. The lowest BCUT2D eigenvalue weighted by Crippen LogP contribution is -2.71. The average molecular weight is 636 g/mol. The first kappa shape index (κ1) is 31.8. The highest BCUT2D eigenvalue weighted by Gasteiger charge is 2.64. The third-order valence-electron chi connectivity index (χ3n) is 6.53. The molecule has 3 rings (SSSR count). The molecule has 1 aromatic heterocycles. The summed E-state index contributed by atoms with van der Waals surface area (Å²) < 4.78 is 14.1. The molecule has 3 atom stereocenters. The van der Waals surface area contributed by atoms with Crippen LogP contribution in [0, 0.1) is 11.3 Å². The van der Waals surface area contributed by atoms with Crippen molar-refractivity contribution in [1.82, 2.24) is 9.88 Å². The minimum absolute atomic E-state index is 0.139. The summed E-state index contributed by atoms with van der Waals surface area (Å²) in [5.41, 5.74) is 0.830. The van der Waals surface area contributed by atoms with E-state index in [9.17, 15) is 9.59 Å². The number of para-hydroxylation sites is 1. The lowest BCUT2D eigenvalue weighted by atomic mass is 9.64. The summed E-state index contributed by atoms with van der Waals surface area (Å²) in [6, 6.07) is 8.00. The Balaban J connectivity index is 2.03. The molecular formula is C26H36Cl2N2O4S3Si. The second-order valence-corrected chi connectivity index (χ2v) is 17.9. The molecule has 1 unspecified atom stereocenters. The van der Waals surface area contributed by atoms with Crippen LogP contribution >= 0.6 is 56.1 Å². The van der Waals surface area contributed by atoms with E-state index in [1.165, 1.54) is 21.6 Å². The van der Waals surface area contributed by atoms with Gasteiger partial charge in [-0.1, -0.05) is 50.6 Å². The smallest absolute Gasteiger partial charge is 0.355 e. The Kier molecular flexibility index (Phi) is 10.7. The zero-order chi connectivity index (χ0) is 28.4. The molecule has 1 saturated heterocycles. The molecule has 0 N–H and O–H groups in total. The van der Waals surface area contributed by atoms with Gasteiger partial charge < -0.3 is 9.16 Å². The Bertz CT molecular complexity index is 1160. The minimum Gasteiger partial charge on any atom is -0.458 e. The van der Waals surface area contributed by atoms with Gasteiger partial charge in [-0.15, -0.1) is 34.5 Å². The minimum atomic E-state index is -1.54. The number of halogens is 2. The van der Waals surface area contributed by atoms with Crippen molar-refractivity contribution in [2.75, 3.05) is 6.61 Å². The van der Waals surface area contributed by atoms with Crippen LogP contribution in [0.15, 0.2) is 39.9 Å². The second kappa shape index (κ2) is 12.8. The highest BCUT2D eigenvalue weighted by Crippen LogP contribution is 2.56. The van der Waals surface area contributed by atoms with Gasteiger partial charge in [0.25, 0.3) is 0 Å². The molecule has 0 saturated carbocycles. The molecule has 0 radical (unpaired) electrons. The molecule has 6 nitrogen and oxygen atoms in total. The number of ether oxygens (including phenoxy) is 1. The Morgan fingerprint density at radius 1 is 1.24 bits per heavy atom. The molecule has 0 bridgehead atoms. The number of carbonyl (C=O) groups is 2. The summed E-state index contributed by atoms with van der Waals surface area (Å²) in [5, 5.41) is -0.369. The lowest BCUT2D eigenvalue weighted by molar-refractivity contribution is -0.179. The van der Waals surface area contributed by atoms with Gasteiger partial charge in [0.05, 0.1) is 21.7 Å². The van der Waals surface area contributed by atoms with Crippen LogP contribution in [-0.2, 0) is 18.8 Å². The van der Waals surface area contributed by atoms with Gasteiger partial charge in [-0.25, -0.2) is 9.78 Å². The molecule has 2 aromatic rings. The van der Waals surface area contributed by atoms with Crippen LogP contribution in [0.3, 0.4) is 0 Å². The van der Waals surface area contributed by atoms with Crippen molar-refractivity contribution in [3.63, 3.8) is 0 Å². The topological polar surface area (TPSA) is 68.7 Å². The maximum Gasteiger partial charge on any atom is 0.355 e. The first-order chi connectivity index (χ1) is 17.7. The van der Waals surface area contributed by atoms with Crippen molar-refractivity contribution in [1.29, 1.82) is 0 Å². The van der Waals surface area contributed by atoms with Crippen LogP contribution < -0.4 is 0 Å². The fraction of sp³-hybridized carbons (Fsp3) is 0.577. The molecule has 0 spiro atoms. The van der Waals surface area contributed by atoms with E-state index in [1.54, 1.807) is 30.1 Å². The molecule has 1 aliphatic heterocycles.